The summed E-state index contributed by atoms with van der Waals surface area (Å²) in [6.45, 7) is 5.22. The maximum atomic E-state index is 11.8. The second-order valence-corrected chi connectivity index (χ2v) is 6.11. The standard InChI is InChI=1S/C20H23N3O3/c1-16-2-6-18(7-3-16)22-20(24)15-26-21-14-17-4-8-19(9-5-17)23-10-12-25-13-11-23/h2-9,14H,10-13,15H2,1H3,(H,22,24). The van der Waals surface area contributed by atoms with Crippen LogP contribution in [0.3, 0.4) is 0 Å². The molecule has 1 fully saturated rings. The van der Waals surface area contributed by atoms with Crippen molar-refractivity contribution in [3.8, 4) is 0 Å². The molecule has 136 valence electrons. The van der Waals surface area contributed by atoms with E-state index >= 15 is 0 Å². The first-order chi connectivity index (χ1) is 12.7. The van der Waals surface area contributed by atoms with Crippen LogP contribution in [0.4, 0.5) is 11.4 Å². The van der Waals surface area contributed by atoms with Gasteiger partial charge in [-0.1, -0.05) is 35.0 Å². The van der Waals surface area contributed by atoms with Crippen LogP contribution >= 0.6 is 0 Å². The van der Waals surface area contributed by atoms with Gasteiger partial charge in [-0.25, -0.2) is 0 Å². The number of ether oxygens (including phenoxy) is 1. The fourth-order valence-corrected chi connectivity index (χ4v) is 2.62. The molecule has 26 heavy (non-hydrogen) atoms. The number of rotatable bonds is 6. The van der Waals surface area contributed by atoms with E-state index in [1.54, 1.807) is 6.21 Å². The molecule has 6 nitrogen and oxygen atoms in total. The van der Waals surface area contributed by atoms with Crippen LogP contribution in [-0.2, 0) is 14.4 Å². The number of nitrogens with one attached hydrogen (secondary N) is 1. The molecule has 0 bridgehead atoms. The first kappa shape index (κ1) is 17.9. The second-order valence-electron chi connectivity index (χ2n) is 6.11. The third kappa shape index (κ3) is 5.32. The van der Waals surface area contributed by atoms with Gasteiger partial charge in [-0.05, 0) is 36.8 Å². The minimum Gasteiger partial charge on any atom is -0.386 e. The molecule has 2 aromatic rings. The summed E-state index contributed by atoms with van der Waals surface area (Å²) in [7, 11) is 0. The molecule has 0 atom stereocenters. The number of carbonyl (C=O) groups excluding carboxylic acids is 1. The van der Waals surface area contributed by atoms with Crippen molar-refractivity contribution in [2.75, 3.05) is 43.1 Å². The van der Waals surface area contributed by atoms with Crippen molar-refractivity contribution in [3.63, 3.8) is 0 Å². The molecule has 1 aliphatic rings. The predicted molar refractivity (Wildman–Crippen MR) is 103 cm³/mol. The molecule has 1 aliphatic heterocycles. The van der Waals surface area contributed by atoms with Crippen molar-refractivity contribution >= 4 is 23.5 Å². The topological polar surface area (TPSA) is 63.2 Å². The lowest BCUT2D eigenvalue weighted by Crippen LogP contribution is -2.36. The molecule has 1 heterocycles. The van der Waals surface area contributed by atoms with E-state index in [-0.39, 0.29) is 12.5 Å². The van der Waals surface area contributed by atoms with E-state index in [1.165, 1.54) is 5.69 Å². The molecule has 1 N–H and O–H groups in total. The molecule has 3 rings (SSSR count). The average Bonchev–Trinajstić information content (AvgIpc) is 2.68. The monoisotopic (exact) mass is 353 g/mol. The maximum Gasteiger partial charge on any atom is 0.265 e. The molecule has 2 aromatic carbocycles. The molecule has 1 amide bonds. The Bertz CT molecular complexity index is 736. The number of oxime groups is 1. The van der Waals surface area contributed by atoms with Crippen LogP contribution in [0.1, 0.15) is 11.1 Å². The van der Waals surface area contributed by atoms with Crippen LogP contribution in [0.25, 0.3) is 0 Å². The van der Waals surface area contributed by atoms with Crippen molar-refractivity contribution in [2.24, 2.45) is 5.16 Å². The molecule has 0 unspecified atom stereocenters. The van der Waals surface area contributed by atoms with Crippen LogP contribution < -0.4 is 10.2 Å². The lowest BCUT2D eigenvalue weighted by molar-refractivity contribution is -0.120. The van der Waals surface area contributed by atoms with Gasteiger partial charge in [0, 0.05) is 24.5 Å². The first-order valence-electron chi connectivity index (χ1n) is 8.65. The number of anilines is 2. The van der Waals surface area contributed by atoms with Gasteiger partial charge in [0.2, 0.25) is 0 Å². The van der Waals surface area contributed by atoms with Gasteiger partial charge >= 0.3 is 0 Å². The van der Waals surface area contributed by atoms with Gasteiger partial charge in [-0.2, -0.15) is 0 Å². The van der Waals surface area contributed by atoms with Crippen LogP contribution in [0.5, 0.6) is 0 Å². The third-order valence-corrected chi connectivity index (χ3v) is 4.08. The minimum absolute atomic E-state index is 0.129. The fraction of sp³-hybridized carbons (Fsp3) is 0.300. The summed E-state index contributed by atoms with van der Waals surface area (Å²) >= 11 is 0. The number of amides is 1. The van der Waals surface area contributed by atoms with Crippen LogP contribution in [-0.4, -0.2) is 45.0 Å². The Morgan fingerprint density at radius 2 is 1.85 bits per heavy atom. The largest absolute Gasteiger partial charge is 0.386 e. The minimum atomic E-state index is -0.242. The number of nitrogens with zero attached hydrogens (tertiary/aromatic N) is 2. The van der Waals surface area contributed by atoms with E-state index in [0.717, 1.165) is 43.1 Å². The van der Waals surface area contributed by atoms with Gasteiger partial charge < -0.3 is 19.8 Å². The Balaban J connectivity index is 1.43. The van der Waals surface area contributed by atoms with Crippen molar-refractivity contribution in [1.29, 1.82) is 0 Å². The molecule has 1 saturated heterocycles. The van der Waals surface area contributed by atoms with E-state index in [0.29, 0.717) is 0 Å². The molecule has 0 radical (unpaired) electrons. The highest BCUT2D eigenvalue weighted by molar-refractivity contribution is 5.91. The Hall–Kier alpha value is -2.86. The number of hydrogen-bond donors (Lipinski definition) is 1. The zero-order valence-electron chi connectivity index (χ0n) is 14.9. The van der Waals surface area contributed by atoms with Crippen molar-refractivity contribution in [1.82, 2.24) is 0 Å². The molecular weight excluding hydrogens is 330 g/mol. The van der Waals surface area contributed by atoms with Crippen LogP contribution in [0, 0.1) is 6.92 Å². The van der Waals surface area contributed by atoms with Crippen LogP contribution in [0.2, 0.25) is 0 Å². The lowest BCUT2D eigenvalue weighted by atomic mass is 10.2. The van der Waals surface area contributed by atoms with Crippen molar-refractivity contribution in [2.45, 2.75) is 6.92 Å². The van der Waals surface area contributed by atoms with E-state index in [2.05, 4.69) is 27.5 Å². The number of carbonyl (C=O) groups is 1. The summed E-state index contributed by atoms with van der Waals surface area (Å²) in [5.41, 5.74) is 3.97. The van der Waals surface area contributed by atoms with E-state index in [1.807, 2.05) is 43.3 Å². The van der Waals surface area contributed by atoms with Crippen molar-refractivity contribution < 1.29 is 14.4 Å². The van der Waals surface area contributed by atoms with Crippen molar-refractivity contribution in [3.05, 3.63) is 59.7 Å². The Morgan fingerprint density at radius 3 is 2.54 bits per heavy atom. The fourth-order valence-electron chi connectivity index (χ4n) is 2.62. The SMILES string of the molecule is Cc1ccc(NC(=O)CON=Cc2ccc(N3CCOCC3)cc2)cc1. The van der Waals surface area contributed by atoms with Gasteiger partial charge in [0.1, 0.15) is 0 Å². The summed E-state index contributed by atoms with van der Waals surface area (Å²) in [6.07, 6.45) is 1.60. The maximum absolute atomic E-state index is 11.8. The highest BCUT2D eigenvalue weighted by Crippen LogP contribution is 2.16. The Labute approximate surface area is 153 Å². The molecule has 0 spiro atoms. The molecule has 0 aromatic heterocycles. The molecule has 6 heteroatoms. The predicted octanol–water partition coefficient (Wildman–Crippen LogP) is 2.82. The molecular formula is C20H23N3O3. The lowest BCUT2D eigenvalue weighted by Gasteiger charge is -2.28. The number of hydrogen-bond acceptors (Lipinski definition) is 5. The zero-order valence-corrected chi connectivity index (χ0v) is 14.9. The summed E-state index contributed by atoms with van der Waals surface area (Å²) < 4.78 is 5.36. The Morgan fingerprint density at radius 1 is 1.15 bits per heavy atom. The van der Waals surface area contributed by atoms with Gasteiger partial charge in [0.05, 0.1) is 19.4 Å². The van der Waals surface area contributed by atoms with Gasteiger partial charge in [-0.3, -0.25) is 4.79 Å². The Kier molecular flexibility index (Phi) is 6.22. The quantitative estimate of drug-likeness (QED) is 0.641. The van der Waals surface area contributed by atoms with E-state index in [4.69, 9.17) is 9.57 Å². The third-order valence-electron chi connectivity index (χ3n) is 4.08. The summed E-state index contributed by atoms with van der Waals surface area (Å²) in [4.78, 5) is 19.2. The zero-order chi connectivity index (χ0) is 18.2. The van der Waals surface area contributed by atoms with Gasteiger partial charge in [-0.15, -0.1) is 0 Å². The summed E-state index contributed by atoms with van der Waals surface area (Å²) in [5.74, 6) is -0.242. The first-order valence-corrected chi connectivity index (χ1v) is 8.65. The highest BCUT2D eigenvalue weighted by Gasteiger charge is 2.10. The molecule has 0 aliphatic carbocycles. The molecule has 0 saturated carbocycles. The number of aryl methyl sites for hydroxylation is 1. The highest BCUT2D eigenvalue weighted by atomic mass is 16.6. The summed E-state index contributed by atoms with van der Waals surface area (Å²) in [5, 5.41) is 6.62. The van der Waals surface area contributed by atoms with E-state index < -0.39 is 0 Å². The van der Waals surface area contributed by atoms with E-state index in [9.17, 15) is 4.79 Å². The summed E-state index contributed by atoms with van der Waals surface area (Å²) in [6, 6.07) is 15.6. The van der Waals surface area contributed by atoms with Gasteiger partial charge in [0.25, 0.3) is 5.91 Å². The van der Waals surface area contributed by atoms with Crippen LogP contribution in [0.15, 0.2) is 53.7 Å². The number of benzene rings is 2. The number of morpholine rings is 1. The normalized spacial score (nSPS) is 14.4. The average molecular weight is 353 g/mol. The smallest absolute Gasteiger partial charge is 0.265 e. The second kappa shape index (κ2) is 9.01. The van der Waals surface area contributed by atoms with Gasteiger partial charge in [0.15, 0.2) is 6.61 Å².